The van der Waals surface area contributed by atoms with Gasteiger partial charge in [-0.15, -0.1) is 0 Å². The minimum atomic E-state index is -0.941. The van der Waals surface area contributed by atoms with Gasteiger partial charge in [-0.1, -0.05) is 35.3 Å². The topological polar surface area (TPSA) is 92.1 Å². The van der Waals surface area contributed by atoms with E-state index in [2.05, 4.69) is 10.1 Å². The molecule has 0 spiro atoms. The molecule has 1 amide bonds. The zero-order chi connectivity index (χ0) is 23.5. The first-order valence-corrected chi connectivity index (χ1v) is 11.1. The molecule has 3 aromatic rings. The summed E-state index contributed by atoms with van der Waals surface area (Å²) in [5, 5.41) is 16.6. The number of aliphatic carboxylic acids is 1. The molecule has 0 saturated carbocycles. The maximum atomic E-state index is 13.0. The Morgan fingerprint density at radius 2 is 1.88 bits per heavy atom. The number of halogens is 2. The summed E-state index contributed by atoms with van der Waals surface area (Å²) in [5.74, 6) is -0.539. The van der Waals surface area contributed by atoms with Gasteiger partial charge in [0, 0.05) is 41.3 Å². The zero-order valence-corrected chi connectivity index (χ0v) is 19.3. The molecule has 2 aromatic carbocycles. The summed E-state index contributed by atoms with van der Waals surface area (Å²) in [6, 6.07) is 14.2. The lowest BCUT2D eigenvalue weighted by molar-refractivity contribution is -0.137. The molecule has 1 atom stereocenters. The van der Waals surface area contributed by atoms with Gasteiger partial charge in [0.2, 0.25) is 5.91 Å². The van der Waals surface area contributed by atoms with E-state index in [4.69, 9.17) is 33.0 Å². The first-order chi connectivity index (χ1) is 15.9. The molecule has 1 aliphatic rings. The van der Waals surface area contributed by atoms with Crippen molar-refractivity contribution in [2.75, 3.05) is 7.11 Å². The fourth-order valence-corrected chi connectivity index (χ4v) is 4.20. The number of aromatic nitrogens is 1. The van der Waals surface area contributed by atoms with Crippen LogP contribution in [0.5, 0.6) is 5.75 Å². The van der Waals surface area contributed by atoms with E-state index in [1.165, 1.54) is 5.01 Å². The number of rotatable bonds is 7. The quantitative estimate of drug-likeness (QED) is 0.447. The van der Waals surface area contributed by atoms with Gasteiger partial charge < -0.3 is 9.84 Å². The SMILES string of the molecule is COc1ccc2cc(C3CC(c4ccc(Cl)cc4)=NN3C(=O)CCCC(=O)O)c(Cl)nc2c1. The van der Waals surface area contributed by atoms with Crippen LogP contribution in [0.2, 0.25) is 10.2 Å². The van der Waals surface area contributed by atoms with Crippen molar-refractivity contribution in [3.05, 3.63) is 69.8 Å². The molecule has 9 heteroatoms. The van der Waals surface area contributed by atoms with E-state index in [1.807, 2.05) is 30.3 Å². The zero-order valence-electron chi connectivity index (χ0n) is 17.8. The fourth-order valence-electron chi connectivity index (χ4n) is 3.81. The van der Waals surface area contributed by atoms with Gasteiger partial charge in [0.1, 0.15) is 10.9 Å². The highest BCUT2D eigenvalue weighted by Gasteiger charge is 2.34. The molecule has 4 rings (SSSR count). The van der Waals surface area contributed by atoms with Gasteiger partial charge in [-0.25, -0.2) is 9.99 Å². The summed E-state index contributed by atoms with van der Waals surface area (Å²) in [4.78, 5) is 28.4. The highest BCUT2D eigenvalue weighted by molar-refractivity contribution is 6.31. The molecule has 1 unspecified atom stereocenters. The number of hydrogen-bond donors (Lipinski definition) is 1. The summed E-state index contributed by atoms with van der Waals surface area (Å²) in [5.41, 5.74) is 2.92. The van der Waals surface area contributed by atoms with E-state index in [1.54, 1.807) is 25.3 Å². The molecular weight excluding hydrogens is 465 g/mol. The Labute approximate surface area is 200 Å². The van der Waals surface area contributed by atoms with Crippen LogP contribution in [0, 0.1) is 0 Å². The van der Waals surface area contributed by atoms with Gasteiger partial charge in [0.25, 0.3) is 0 Å². The van der Waals surface area contributed by atoms with E-state index in [9.17, 15) is 9.59 Å². The highest BCUT2D eigenvalue weighted by atomic mass is 35.5. The Morgan fingerprint density at radius 1 is 1.12 bits per heavy atom. The van der Waals surface area contributed by atoms with Crippen molar-refractivity contribution in [2.45, 2.75) is 31.7 Å². The molecule has 1 aliphatic heterocycles. The number of carbonyl (C=O) groups excluding carboxylic acids is 1. The summed E-state index contributed by atoms with van der Waals surface area (Å²) in [6.07, 6.45) is 0.649. The van der Waals surface area contributed by atoms with Gasteiger partial charge in [-0.2, -0.15) is 5.10 Å². The van der Waals surface area contributed by atoms with Crippen molar-refractivity contribution in [3.63, 3.8) is 0 Å². The summed E-state index contributed by atoms with van der Waals surface area (Å²) in [7, 11) is 1.58. The number of nitrogens with zero attached hydrogens (tertiary/aromatic N) is 3. The highest BCUT2D eigenvalue weighted by Crippen LogP contribution is 2.38. The third-order valence-corrected chi connectivity index (χ3v) is 6.04. The molecule has 0 aliphatic carbocycles. The largest absolute Gasteiger partial charge is 0.497 e. The van der Waals surface area contributed by atoms with Crippen LogP contribution in [0.1, 0.15) is 42.9 Å². The Morgan fingerprint density at radius 3 is 2.58 bits per heavy atom. The second-order valence-electron chi connectivity index (χ2n) is 7.69. The number of amides is 1. The Kier molecular flexibility index (Phi) is 6.81. The number of pyridine rings is 1. The fraction of sp³-hybridized carbons (Fsp3) is 0.250. The van der Waals surface area contributed by atoms with Crippen molar-refractivity contribution >= 4 is 51.7 Å². The molecule has 7 nitrogen and oxygen atoms in total. The number of methoxy groups -OCH3 is 1. The predicted octanol–water partition coefficient (Wildman–Crippen LogP) is 5.48. The van der Waals surface area contributed by atoms with Crippen LogP contribution in [0.4, 0.5) is 0 Å². The van der Waals surface area contributed by atoms with E-state index in [0.29, 0.717) is 34.0 Å². The average molecular weight is 486 g/mol. The number of carboxylic acids is 1. The number of hydrazone groups is 1. The smallest absolute Gasteiger partial charge is 0.303 e. The van der Waals surface area contributed by atoms with Crippen LogP contribution < -0.4 is 4.74 Å². The molecule has 0 bridgehead atoms. The number of carboxylic acid groups (broad SMARTS) is 1. The summed E-state index contributed by atoms with van der Waals surface area (Å²) >= 11 is 12.6. The second-order valence-corrected chi connectivity index (χ2v) is 8.48. The number of carbonyl (C=O) groups is 2. The van der Waals surface area contributed by atoms with Gasteiger partial charge in [0.05, 0.1) is 24.4 Å². The molecule has 1 N–H and O–H groups in total. The van der Waals surface area contributed by atoms with Gasteiger partial charge in [-0.3, -0.25) is 9.59 Å². The lowest BCUT2D eigenvalue weighted by Gasteiger charge is -2.23. The van der Waals surface area contributed by atoms with Crippen molar-refractivity contribution in [3.8, 4) is 5.75 Å². The van der Waals surface area contributed by atoms with Crippen LogP contribution in [0.3, 0.4) is 0 Å². The van der Waals surface area contributed by atoms with Crippen LogP contribution in [0.25, 0.3) is 10.9 Å². The number of fused-ring (bicyclic) bond motifs is 1. The molecule has 0 fully saturated rings. The first kappa shape index (κ1) is 23.0. The standard InChI is InChI=1S/C24H21Cl2N3O4/c1-33-17-10-7-15-11-18(24(26)27-19(15)12-17)21-13-20(14-5-8-16(25)9-6-14)28-29(21)22(30)3-2-4-23(31)32/h5-12,21H,2-4,13H2,1H3,(H,31,32). The Bertz CT molecular complexity index is 1240. The molecule has 2 heterocycles. The summed E-state index contributed by atoms with van der Waals surface area (Å²) in [6.45, 7) is 0. The molecule has 0 radical (unpaired) electrons. The van der Waals surface area contributed by atoms with Crippen LogP contribution in [-0.2, 0) is 9.59 Å². The average Bonchev–Trinajstić information content (AvgIpc) is 3.23. The molecular formula is C24H21Cl2N3O4. The third kappa shape index (κ3) is 5.10. The minimum Gasteiger partial charge on any atom is -0.497 e. The van der Waals surface area contributed by atoms with Gasteiger partial charge >= 0.3 is 5.97 Å². The number of benzene rings is 2. The van der Waals surface area contributed by atoms with Crippen LogP contribution in [0.15, 0.2) is 53.6 Å². The lowest BCUT2D eigenvalue weighted by atomic mass is 9.98. The molecule has 1 aromatic heterocycles. The second kappa shape index (κ2) is 9.77. The van der Waals surface area contributed by atoms with E-state index in [0.717, 1.165) is 10.9 Å². The van der Waals surface area contributed by atoms with Crippen molar-refractivity contribution < 1.29 is 19.4 Å². The third-order valence-electron chi connectivity index (χ3n) is 5.49. The monoisotopic (exact) mass is 485 g/mol. The summed E-state index contributed by atoms with van der Waals surface area (Å²) < 4.78 is 5.26. The Hall–Kier alpha value is -3.16. The molecule has 170 valence electrons. The van der Waals surface area contributed by atoms with Crippen molar-refractivity contribution in [1.29, 1.82) is 0 Å². The van der Waals surface area contributed by atoms with E-state index in [-0.39, 0.29) is 30.3 Å². The van der Waals surface area contributed by atoms with E-state index < -0.39 is 12.0 Å². The van der Waals surface area contributed by atoms with Crippen LogP contribution in [-0.4, -0.2) is 39.8 Å². The predicted molar refractivity (Wildman–Crippen MR) is 127 cm³/mol. The van der Waals surface area contributed by atoms with Gasteiger partial charge in [-0.05, 0) is 42.3 Å². The minimum absolute atomic E-state index is 0.0655. The first-order valence-electron chi connectivity index (χ1n) is 10.4. The van der Waals surface area contributed by atoms with E-state index >= 15 is 0 Å². The lowest BCUT2D eigenvalue weighted by Crippen LogP contribution is -2.27. The Balaban J connectivity index is 1.69. The van der Waals surface area contributed by atoms with Gasteiger partial charge in [0.15, 0.2) is 0 Å². The number of ether oxygens (including phenoxy) is 1. The maximum Gasteiger partial charge on any atom is 0.303 e. The molecule has 0 saturated heterocycles. The van der Waals surface area contributed by atoms with Crippen molar-refractivity contribution in [1.82, 2.24) is 9.99 Å². The molecule has 33 heavy (non-hydrogen) atoms. The van der Waals surface area contributed by atoms with Crippen molar-refractivity contribution in [2.24, 2.45) is 5.10 Å². The number of hydrogen-bond acceptors (Lipinski definition) is 5. The normalized spacial score (nSPS) is 15.5. The van der Waals surface area contributed by atoms with Crippen LogP contribution >= 0.6 is 23.2 Å². The maximum absolute atomic E-state index is 13.0.